The number of hydrogen-bond donors (Lipinski definition) is 1. The zero-order chi connectivity index (χ0) is 10.3. The highest BCUT2D eigenvalue weighted by molar-refractivity contribution is 5.39. The van der Waals surface area contributed by atoms with Crippen LogP contribution in [-0.4, -0.2) is 0 Å². The van der Waals surface area contributed by atoms with Gasteiger partial charge in [0.25, 0.3) is 0 Å². The first-order chi connectivity index (χ1) is 6.18. The highest BCUT2D eigenvalue weighted by Gasteiger charge is 1.95. The van der Waals surface area contributed by atoms with Gasteiger partial charge in [-0.05, 0) is 30.0 Å². The summed E-state index contributed by atoms with van der Waals surface area (Å²) in [7, 11) is 0. The molecule has 0 heterocycles. The van der Waals surface area contributed by atoms with Crippen LogP contribution < -0.4 is 5.73 Å². The smallest absolute Gasteiger partial charge is 0.0314 e. The lowest BCUT2D eigenvalue weighted by molar-refractivity contribution is 0.647. The molecule has 0 bridgehead atoms. The van der Waals surface area contributed by atoms with Crippen molar-refractivity contribution in [2.24, 2.45) is 5.92 Å². The quantitative estimate of drug-likeness (QED) is 0.705. The van der Waals surface area contributed by atoms with E-state index in [1.165, 1.54) is 5.56 Å². The lowest BCUT2D eigenvalue weighted by atomic mass is 10.0. The number of benzene rings is 1. The third kappa shape index (κ3) is 6.53. The predicted molar refractivity (Wildman–Crippen MR) is 67.5 cm³/mol. The van der Waals surface area contributed by atoms with Crippen molar-refractivity contribution < 1.29 is 0 Å². The molecule has 1 heteroatoms. The summed E-state index contributed by atoms with van der Waals surface area (Å²) in [6.07, 6.45) is 1.14. The molecule has 0 aliphatic carbocycles. The molecule has 0 aromatic heterocycles. The van der Waals surface area contributed by atoms with Crippen LogP contribution in [0.3, 0.4) is 0 Å². The lowest BCUT2D eigenvalue weighted by Crippen LogP contribution is -1.94. The molecule has 0 saturated heterocycles. The zero-order valence-electron chi connectivity index (χ0n) is 9.17. The Morgan fingerprint density at radius 1 is 1.07 bits per heavy atom. The Labute approximate surface area is 89.3 Å². The van der Waals surface area contributed by atoms with Crippen LogP contribution in [0.1, 0.15) is 40.7 Å². The van der Waals surface area contributed by atoms with Crippen molar-refractivity contribution in [2.75, 3.05) is 5.73 Å². The predicted octanol–water partition coefficient (Wildman–Crippen LogP) is 4.13. The van der Waals surface area contributed by atoms with Crippen molar-refractivity contribution in [3.63, 3.8) is 0 Å². The summed E-state index contributed by atoms with van der Waals surface area (Å²) in [6.45, 7) is 8.44. The molecule has 0 unspecified atom stereocenters. The summed E-state index contributed by atoms with van der Waals surface area (Å²) < 4.78 is 0. The maximum atomic E-state index is 5.56. The fourth-order valence-electron chi connectivity index (χ4n) is 1.13. The van der Waals surface area contributed by atoms with Crippen molar-refractivity contribution in [1.29, 1.82) is 0 Å². The third-order valence-electron chi connectivity index (χ3n) is 1.62. The highest BCUT2D eigenvalue weighted by Crippen LogP contribution is 2.09. The molecule has 14 heavy (non-hydrogen) atoms. The summed E-state index contributed by atoms with van der Waals surface area (Å²) in [4.78, 5) is 0. The van der Waals surface area contributed by atoms with Crippen LogP contribution in [0.5, 0.6) is 0 Å². The topological polar surface area (TPSA) is 26.0 Å². The standard InChI is InChI=1S/C10H15N.C2H6.CH4/c1-8(2)7-9-3-5-10(11)6-4-9;1-2;/h3-6,8H,7,11H2,1-2H3;1-2H3;1H4. The average molecular weight is 195 g/mol. The van der Waals surface area contributed by atoms with E-state index in [0.29, 0.717) is 0 Å². The van der Waals surface area contributed by atoms with E-state index in [9.17, 15) is 0 Å². The summed E-state index contributed by atoms with van der Waals surface area (Å²) >= 11 is 0. The lowest BCUT2D eigenvalue weighted by Gasteiger charge is -2.03. The van der Waals surface area contributed by atoms with E-state index >= 15 is 0 Å². The van der Waals surface area contributed by atoms with Gasteiger partial charge in [-0.25, -0.2) is 0 Å². The first-order valence-corrected chi connectivity index (χ1v) is 5.03. The van der Waals surface area contributed by atoms with E-state index < -0.39 is 0 Å². The fourth-order valence-corrected chi connectivity index (χ4v) is 1.13. The van der Waals surface area contributed by atoms with E-state index in [0.717, 1.165) is 18.0 Å². The normalized spacial score (nSPS) is 8.64. The molecule has 0 saturated carbocycles. The van der Waals surface area contributed by atoms with E-state index in [-0.39, 0.29) is 7.43 Å². The van der Waals surface area contributed by atoms with Gasteiger partial charge in [-0.15, -0.1) is 0 Å². The molecule has 1 nitrogen and oxygen atoms in total. The van der Waals surface area contributed by atoms with E-state index in [1.54, 1.807) is 0 Å². The fraction of sp³-hybridized carbons (Fsp3) is 0.538. The van der Waals surface area contributed by atoms with Gasteiger partial charge in [0.1, 0.15) is 0 Å². The molecule has 0 aliphatic heterocycles. The number of nitrogens with two attached hydrogens (primary N) is 1. The van der Waals surface area contributed by atoms with Gasteiger partial charge in [0, 0.05) is 5.69 Å². The van der Waals surface area contributed by atoms with Crippen LogP contribution in [0, 0.1) is 5.92 Å². The minimum Gasteiger partial charge on any atom is -0.399 e. The molecule has 0 aliphatic rings. The zero-order valence-corrected chi connectivity index (χ0v) is 9.17. The molecule has 0 radical (unpaired) electrons. The maximum absolute atomic E-state index is 5.56. The van der Waals surface area contributed by atoms with Crippen molar-refractivity contribution in [2.45, 2.75) is 41.5 Å². The first kappa shape index (κ1) is 15.5. The largest absolute Gasteiger partial charge is 0.399 e. The Morgan fingerprint density at radius 3 is 1.86 bits per heavy atom. The Balaban J connectivity index is 0. The van der Waals surface area contributed by atoms with Gasteiger partial charge >= 0.3 is 0 Å². The Hall–Kier alpha value is -0.980. The van der Waals surface area contributed by atoms with E-state index in [2.05, 4.69) is 26.0 Å². The maximum Gasteiger partial charge on any atom is 0.0314 e. The molecule has 1 aromatic rings. The number of rotatable bonds is 2. The second-order valence-corrected chi connectivity index (χ2v) is 3.34. The van der Waals surface area contributed by atoms with Crippen molar-refractivity contribution in [1.82, 2.24) is 0 Å². The van der Waals surface area contributed by atoms with Crippen LogP contribution in [0.4, 0.5) is 5.69 Å². The minimum absolute atomic E-state index is 0. The Morgan fingerprint density at radius 2 is 1.50 bits per heavy atom. The van der Waals surface area contributed by atoms with Gasteiger partial charge in [-0.3, -0.25) is 0 Å². The Kier molecular flexibility index (Phi) is 9.53. The van der Waals surface area contributed by atoms with Crippen LogP contribution in [-0.2, 0) is 6.42 Å². The summed E-state index contributed by atoms with van der Waals surface area (Å²) in [5.41, 5.74) is 7.77. The molecule has 1 aromatic carbocycles. The summed E-state index contributed by atoms with van der Waals surface area (Å²) in [5.74, 6) is 0.721. The highest BCUT2D eigenvalue weighted by atomic mass is 14.5. The van der Waals surface area contributed by atoms with Gasteiger partial charge in [0.2, 0.25) is 0 Å². The second kappa shape index (κ2) is 8.61. The van der Waals surface area contributed by atoms with Crippen molar-refractivity contribution >= 4 is 5.69 Å². The summed E-state index contributed by atoms with van der Waals surface area (Å²) in [6, 6.07) is 8.10. The molecule has 0 spiro atoms. The van der Waals surface area contributed by atoms with Crippen LogP contribution in [0.25, 0.3) is 0 Å². The first-order valence-electron chi connectivity index (χ1n) is 5.03. The van der Waals surface area contributed by atoms with Crippen molar-refractivity contribution in [3.8, 4) is 0 Å². The molecular formula is C13H25N. The minimum atomic E-state index is 0. The van der Waals surface area contributed by atoms with Gasteiger partial charge in [0.05, 0.1) is 0 Å². The molecule has 0 amide bonds. The van der Waals surface area contributed by atoms with E-state index in [1.807, 2.05) is 26.0 Å². The van der Waals surface area contributed by atoms with Crippen LogP contribution in [0.15, 0.2) is 24.3 Å². The average Bonchev–Trinajstić information content (AvgIpc) is 2.12. The number of anilines is 1. The second-order valence-electron chi connectivity index (χ2n) is 3.34. The Bertz CT molecular complexity index is 211. The molecular weight excluding hydrogens is 170 g/mol. The molecule has 82 valence electrons. The van der Waals surface area contributed by atoms with Crippen molar-refractivity contribution in [3.05, 3.63) is 29.8 Å². The van der Waals surface area contributed by atoms with Crippen LogP contribution in [0.2, 0.25) is 0 Å². The van der Waals surface area contributed by atoms with Gasteiger partial charge in [-0.2, -0.15) is 0 Å². The van der Waals surface area contributed by atoms with Crippen LogP contribution >= 0.6 is 0 Å². The van der Waals surface area contributed by atoms with E-state index in [4.69, 9.17) is 5.73 Å². The SMILES string of the molecule is C.CC.CC(C)Cc1ccc(N)cc1. The van der Waals surface area contributed by atoms with Gasteiger partial charge in [-0.1, -0.05) is 47.3 Å². The summed E-state index contributed by atoms with van der Waals surface area (Å²) in [5, 5.41) is 0. The van der Waals surface area contributed by atoms with Gasteiger partial charge < -0.3 is 5.73 Å². The monoisotopic (exact) mass is 195 g/mol. The molecule has 0 atom stereocenters. The number of nitrogen functional groups attached to an aromatic ring is 1. The number of hydrogen-bond acceptors (Lipinski definition) is 1. The third-order valence-corrected chi connectivity index (χ3v) is 1.62. The molecule has 1 rings (SSSR count). The molecule has 0 fully saturated rings. The van der Waals surface area contributed by atoms with Gasteiger partial charge in [0.15, 0.2) is 0 Å². The molecule has 2 N–H and O–H groups in total.